The first kappa shape index (κ1) is 8.94. The van der Waals surface area contributed by atoms with Crippen LogP contribution in [-0.4, -0.2) is 16.2 Å². The highest BCUT2D eigenvalue weighted by Crippen LogP contribution is 2.00. The van der Waals surface area contributed by atoms with Gasteiger partial charge in [-0.05, 0) is 25.0 Å². The summed E-state index contributed by atoms with van der Waals surface area (Å²) in [6, 6.07) is 3.87. The zero-order valence-corrected chi connectivity index (χ0v) is 7.14. The van der Waals surface area contributed by atoms with Crippen molar-refractivity contribution < 1.29 is 5.11 Å². The summed E-state index contributed by atoms with van der Waals surface area (Å²) in [7, 11) is 0. The summed E-state index contributed by atoms with van der Waals surface area (Å²) in [5.41, 5.74) is 1.07. The third-order valence-electron chi connectivity index (χ3n) is 1.47. The van der Waals surface area contributed by atoms with E-state index in [9.17, 15) is 0 Å². The average Bonchev–Trinajstić information content (AvgIpc) is 2.05. The molecule has 1 rings (SSSR count). The SMILES string of the molecule is CC(O)C/C=C/c1cccnc1. The van der Waals surface area contributed by atoms with Crippen molar-refractivity contribution in [1.29, 1.82) is 0 Å². The van der Waals surface area contributed by atoms with E-state index in [-0.39, 0.29) is 6.10 Å². The zero-order valence-electron chi connectivity index (χ0n) is 7.14. The highest BCUT2D eigenvalue weighted by atomic mass is 16.3. The van der Waals surface area contributed by atoms with Crippen molar-refractivity contribution in [3.05, 3.63) is 36.2 Å². The summed E-state index contributed by atoms with van der Waals surface area (Å²) < 4.78 is 0. The van der Waals surface area contributed by atoms with Crippen LogP contribution < -0.4 is 0 Å². The van der Waals surface area contributed by atoms with Crippen LogP contribution in [-0.2, 0) is 0 Å². The predicted molar refractivity (Wildman–Crippen MR) is 49.6 cm³/mol. The minimum atomic E-state index is -0.266. The van der Waals surface area contributed by atoms with Gasteiger partial charge < -0.3 is 5.11 Å². The normalized spacial score (nSPS) is 13.5. The van der Waals surface area contributed by atoms with Gasteiger partial charge in [0.05, 0.1) is 6.10 Å². The van der Waals surface area contributed by atoms with Gasteiger partial charge >= 0.3 is 0 Å². The standard InChI is InChI=1S/C10H13NO/c1-9(12)4-2-5-10-6-3-7-11-8-10/h2-3,5-9,12H,4H2,1H3/b5-2+. The van der Waals surface area contributed by atoms with Crippen LogP contribution in [0.15, 0.2) is 30.6 Å². The van der Waals surface area contributed by atoms with Gasteiger partial charge in [0.25, 0.3) is 0 Å². The van der Waals surface area contributed by atoms with Crippen molar-refractivity contribution in [1.82, 2.24) is 4.98 Å². The van der Waals surface area contributed by atoms with Crippen molar-refractivity contribution in [2.75, 3.05) is 0 Å². The van der Waals surface area contributed by atoms with E-state index in [1.54, 1.807) is 19.3 Å². The predicted octanol–water partition coefficient (Wildman–Crippen LogP) is 1.87. The third-order valence-corrected chi connectivity index (χ3v) is 1.47. The minimum absolute atomic E-state index is 0.266. The van der Waals surface area contributed by atoms with E-state index < -0.39 is 0 Å². The van der Waals surface area contributed by atoms with E-state index in [1.807, 2.05) is 24.3 Å². The number of aliphatic hydroxyl groups excluding tert-OH is 1. The van der Waals surface area contributed by atoms with Crippen LogP contribution in [0, 0.1) is 0 Å². The van der Waals surface area contributed by atoms with Crippen LogP contribution in [0.4, 0.5) is 0 Å². The lowest BCUT2D eigenvalue weighted by Crippen LogP contribution is -1.95. The number of pyridine rings is 1. The van der Waals surface area contributed by atoms with Crippen LogP contribution in [0.5, 0.6) is 0 Å². The number of aromatic nitrogens is 1. The number of hydrogen-bond acceptors (Lipinski definition) is 2. The Morgan fingerprint density at radius 2 is 2.50 bits per heavy atom. The summed E-state index contributed by atoms with van der Waals surface area (Å²) in [6.45, 7) is 1.77. The molecule has 0 aromatic carbocycles. The molecule has 1 N–H and O–H groups in total. The molecule has 0 saturated carbocycles. The van der Waals surface area contributed by atoms with Crippen molar-refractivity contribution in [3.63, 3.8) is 0 Å². The lowest BCUT2D eigenvalue weighted by atomic mass is 10.2. The molecule has 0 aliphatic rings. The molecule has 0 bridgehead atoms. The molecule has 1 unspecified atom stereocenters. The van der Waals surface area contributed by atoms with Crippen molar-refractivity contribution >= 4 is 6.08 Å². The maximum Gasteiger partial charge on any atom is 0.0546 e. The highest BCUT2D eigenvalue weighted by molar-refractivity contribution is 5.47. The maximum atomic E-state index is 8.96. The van der Waals surface area contributed by atoms with Gasteiger partial charge in [-0.15, -0.1) is 0 Å². The number of hydrogen-bond donors (Lipinski definition) is 1. The van der Waals surface area contributed by atoms with Crippen LogP contribution >= 0.6 is 0 Å². The Hall–Kier alpha value is -1.15. The smallest absolute Gasteiger partial charge is 0.0546 e. The highest BCUT2D eigenvalue weighted by Gasteiger charge is 1.89. The molecule has 0 saturated heterocycles. The molecule has 0 radical (unpaired) electrons. The molecule has 12 heavy (non-hydrogen) atoms. The molecule has 0 aliphatic heterocycles. The molecule has 2 heteroatoms. The molecule has 1 aromatic rings. The average molecular weight is 163 g/mol. The molecule has 2 nitrogen and oxygen atoms in total. The van der Waals surface area contributed by atoms with E-state index in [0.29, 0.717) is 6.42 Å². The second-order valence-corrected chi connectivity index (χ2v) is 2.77. The lowest BCUT2D eigenvalue weighted by Gasteiger charge is -1.96. The molecule has 64 valence electrons. The van der Waals surface area contributed by atoms with Gasteiger partial charge in [0.15, 0.2) is 0 Å². The Labute approximate surface area is 72.6 Å². The molecule has 1 aromatic heterocycles. The summed E-state index contributed by atoms with van der Waals surface area (Å²) in [5, 5.41) is 8.96. The summed E-state index contributed by atoms with van der Waals surface area (Å²) in [5.74, 6) is 0. The van der Waals surface area contributed by atoms with Crippen LogP contribution in [0.2, 0.25) is 0 Å². The first-order valence-electron chi connectivity index (χ1n) is 4.03. The van der Waals surface area contributed by atoms with Crippen molar-refractivity contribution in [2.45, 2.75) is 19.4 Å². The van der Waals surface area contributed by atoms with Crippen molar-refractivity contribution in [3.8, 4) is 0 Å². The molecule has 0 aliphatic carbocycles. The second-order valence-electron chi connectivity index (χ2n) is 2.77. The zero-order chi connectivity index (χ0) is 8.81. The minimum Gasteiger partial charge on any atom is -0.393 e. The number of rotatable bonds is 3. The van der Waals surface area contributed by atoms with Gasteiger partial charge in [-0.25, -0.2) is 0 Å². The van der Waals surface area contributed by atoms with E-state index in [0.717, 1.165) is 5.56 Å². The number of nitrogens with zero attached hydrogens (tertiary/aromatic N) is 1. The molecule has 0 spiro atoms. The monoisotopic (exact) mass is 163 g/mol. The van der Waals surface area contributed by atoms with E-state index in [2.05, 4.69) is 4.98 Å². The van der Waals surface area contributed by atoms with E-state index in [4.69, 9.17) is 5.11 Å². The van der Waals surface area contributed by atoms with Gasteiger partial charge in [-0.1, -0.05) is 18.2 Å². The first-order valence-corrected chi connectivity index (χ1v) is 4.03. The fourth-order valence-corrected chi connectivity index (χ4v) is 0.876. The first-order chi connectivity index (χ1) is 5.79. The van der Waals surface area contributed by atoms with E-state index >= 15 is 0 Å². The molecular weight excluding hydrogens is 150 g/mol. The van der Waals surface area contributed by atoms with Crippen LogP contribution in [0.3, 0.4) is 0 Å². The molecule has 1 atom stereocenters. The fraction of sp³-hybridized carbons (Fsp3) is 0.300. The van der Waals surface area contributed by atoms with Gasteiger partial charge in [-0.3, -0.25) is 4.98 Å². The van der Waals surface area contributed by atoms with Crippen LogP contribution in [0.25, 0.3) is 6.08 Å². The summed E-state index contributed by atoms with van der Waals surface area (Å²) in [4.78, 5) is 3.97. The summed E-state index contributed by atoms with van der Waals surface area (Å²) >= 11 is 0. The fourth-order valence-electron chi connectivity index (χ4n) is 0.876. The Kier molecular flexibility index (Phi) is 3.48. The Balaban J connectivity index is 2.47. The van der Waals surface area contributed by atoms with Crippen LogP contribution in [0.1, 0.15) is 18.9 Å². The topological polar surface area (TPSA) is 33.1 Å². The van der Waals surface area contributed by atoms with Gasteiger partial charge in [0, 0.05) is 12.4 Å². The largest absolute Gasteiger partial charge is 0.393 e. The van der Waals surface area contributed by atoms with Gasteiger partial charge in [0.1, 0.15) is 0 Å². The lowest BCUT2D eigenvalue weighted by molar-refractivity contribution is 0.199. The molecule has 0 amide bonds. The third kappa shape index (κ3) is 3.30. The Morgan fingerprint density at radius 3 is 3.08 bits per heavy atom. The Morgan fingerprint density at radius 1 is 1.67 bits per heavy atom. The van der Waals surface area contributed by atoms with Gasteiger partial charge in [0.2, 0.25) is 0 Å². The molecule has 0 fully saturated rings. The quantitative estimate of drug-likeness (QED) is 0.737. The molecule has 1 heterocycles. The molecular formula is C10H13NO. The van der Waals surface area contributed by atoms with E-state index in [1.165, 1.54) is 0 Å². The maximum absolute atomic E-state index is 8.96. The Bertz CT molecular complexity index is 241. The number of aliphatic hydroxyl groups is 1. The summed E-state index contributed by atoms with van der Waals surface area (Å²) in [6.07, 6.45) is 7.86. The van der Waals surface area contributed by atoms with Crippen molar-refractivity contribution in [2.24, 2.45) is 0 Å². The second kappa shape index (κ2) is 4.67. The van der Waals surface area contributed by atoms with Gasteiger partial charge in [-0.2, -0.15) is 0 Å².